The Morgan fingerprint density at radius 1 is 1.19 bits per heavy atom. The summed E-state index contributed by atoms with van der Waals surface area (Å²) in [7, 11) is 0. The van der Waals surface area contributed by atoms with Crippen LogP contribution in [0.3, 0.4) is 0 Å². The van der Waals surface area contributed by atoms with Gasteiger partial charge in [-0.1, -0.05) is 46.3 Å². The summed E-state index contributed by atoms with van der Waals surface area (Å²) in [6, 6.07) is 0. The number of hydrogen-bond acceptors (Lipinski definition) is 1. The van der Waals surface area contributed by atoms with Crippen LogP contribution in [0.15, 0.2) is 24.3 Å². The Bertz CT molecular complexity index is 474. The van der Waals surface area contributed by atoms with E-state index in [0.717, 1.165) is 18.8 Å². The minimum absolute atomic E-state index is 0.129. The molecule has 5 unspecified atom stereocenters. The molecule has 0 radical (unpaired) electrons. The van der Waals surface area contributed by atoms with Gasteiger partial charge >= 0.3 is 0 Å². The van der Waals surface area contributed by atoms with Crippen molar-refractivity contribution >= 4 is 0 Å². The van der Waals surface area contributed by atoms with Crippen molar-refractivity contribution in [2.75, 3.05) is 0 Å². The first kappa shape index (κ1) is 15.3. The Balaban J connectivity index is 2.00. The van der Waals surface area contributed by atoms with Crippen molar-refractivity contribution < 1.29 is 5.11 Å². The summed E-state index contributed by atoms with van der Waals surface area (Å²) < 4.78 is 0. The van der Waals surface area contributed by atoms with E-state index in [1.165, 1.54) is 31.3 Å². The van der Waals surface area contributed by atoms with Gasteiger partial charge < -0.3 is 5.11 Å². The van der Waals surface area contributed by atoms with Crippen LogP contribution in [0.5, 0.6) is 0 Å². The molecule has 1 nitrogen and oxygen atoms in total. The van der Waals surface area contributed by atoms with E-state index in [9.17, 15) is 5.11 Å². The quantitative estimate of drug-likeness (QED) is 0.665. The molecule has 1 heteroatoms. The van der Waals surface area contributed by atoms with Gasteiger partial charge in [0.2, 0.25) is 0 Å². The topological polar surface area (TPSA) is 20.2 Å². The van der Waals surface area contributed by atoms with Gasteiger partial charge in [0, 0.05) is 5.41 Å². The molecular formula is C20H32O. The lowest BCUT2D eigenvalue weighted by molar-refractivity contribution is -0.0681. The summed E-state index contributed by atoms with van der Waals surface area (Å²) in [4.78, 5) is 0. The van der Waals surface area contributed by atoms with Crippen molar-refractivity contribution in [3.8, 4) is 0 Å². The third-order valence-electron chi connectivity index (χ3n) is 7.44. The summed E-state index contributed by atoms with van der Waals surface area (Å²) in [5, 5.41) is 10.9. The Morgan fingerprint density at radius 3 is 2.57 bits per heavy atom. The summed E-state index contributed by atoms with van der Waals surface area (Å²) in [6.07, 6.45) is 11.5. The average Bonchev–Trinajstić information content (AvgIpc) is 2.42. The van der Waals surface area contributed by atoms with E-state index in [2.05, 4.69) is 40.3 Å². The Labute approximate surface area is 130 Å². The zero-order chi connectivity index (χ0) is 15.5. The molecule has 118 valence electrons. The number of aliphatic hydroxyl groups is 1. The molecule has 0 heterocycles. The van der Waals surface area contributed by atoms with Gasteiger partial charge in [-0.05, 0) is 60.3 Å². The zero-order valence-electron chi connectivity index (χ0n) is 14.3. The molecule has 0 aromatic carbocycles. The molecule has 3 aliphatic carbocycles. The van der Waals surface area contributed by atoms with Crippen LogP contribution in [0, 0.1) is 28.1 Å². The summed E-state index contributed by atoms with van der Waals surface area (Å²) in [6.45, 7) is 13.6. The molecule has 2 fully saturated rings. The number of allylic oxidation sites excluding steroid dienone is 1. The number of fused-ring (bicyclic) bond motifs is 3. The van der Waals surface area contributed by atoms with Crippen LogP contribution >= 0.6 is 0 Å². The molecule has 0 aliphatic heterocycles. The smallest absolute Gasteiger partial charge is 0.0840 e. The first-order valence-electron chi connectivity index (χ1n) is 8.76. The normalized spacial score (nSPS) is 48.8. The van der Waals surface area contributed by atoms with Crippen molar-refractivity contribution in [1.29, 1.82) is 0 Å². The van der Waals surface area contributed by atoms with Crippen molar-refractivity contribution in [3.63, 3.8) is 0 Å². The molecule has 0 bridgehead atoms. The second kappa shape index (κ2) is 4.72. The fourth-order valence-electron chi connectivity index (χ4n) is 5.93. The summed E-state index contributed by atoms with van der Waals surface area (Å²) >= 11 is 0. The third-order valence-corrected chi connectivity index (χ3v) is 7.44. The molecule has 21 heavy (non-hydrogen) atoms. The van der Waals surface area contributed by atoms with E-state index < -0.39 is 0 Å². The highest BCUT2D eigenvalue weighted by Crippen LogP contribution is 2.63. The van der Waals surface area contributed by atoms with Gasteiger partial charge in [0.1, 0.15) is 0 Å². The van der Waals surface area contributed by atoms with E-state index in [4.69, 9.17) is 0 Å². The predicted molar refractivity (Wildman–Crippen MR) is 89.0 cm³/mol. The van der Waals surface area contributed by atoms with Gasteiger partial charge in [-0.3, -0.25) is 0 Å². The van der Waals surface area contributed by atoms with Crippen molar-refractivity contribution in [2.24, 2.45) is 28.1 Å². The van der Waals surface area contributed by atoms with Crippen LogP contribution in [-0.4, -0.2) is 11.2 Å². The first-order chi connectivity index (χ1) is 9.74. The van der Waals surface area contributed by atoms with Gasteiger partial charge in [-0.15, -0.1) is 6.58 Å². The Morgan fingerprint density at radius 2 is 1.90 bits per heavy atom. The molecule has 5 atom stereocenters. The van der Waals surface area contributed by atoms with E-state index in [0.29, 0.717) is 16.7 Å². The lowest BCUT2D eigenvalue weighted by Crippen LogP contribution is -2.53. The van der Waals surface area contributed by atoms with E-state index in [-0.39, 0.29) is 11.5 Å². The van der Waals surface area contributed by atoms with Crippen LogP contribution in [-0.2, 0) is 0 Å². The maximum atomic E-state index is 10.9. The van der Waals surface area contributed by atoms with E-state index in [1.807, 2.05) is 6.08 Å². The highest BCUT2D eigenvalue weighted by Gasteiger charge is 2.56. The van der Waals surface area contributed by atoms with Crippen molar-refractivity contribution in [3.05, 3.63) is 24.3 Å². The number of aliphatic hydroxyl groups excluding tert-OH is 1. The maximum Gasteiger partial charge on any atom is 0.0840 e. The van der Waals surface area contributed by atoms with Crippen molar-refractivity contribution in [2.45, 2.75) is 72.3 Å². The van der Waals surface area contributed by atoms with Gasteiger partial charge in [0.25, 0.3) is 0 Å². The molecule has 1 N–H and O–H groups in total. The van der Waals surface area contributed by atoms with Gasteiger partial charge in [0.15, 0.2) is 0 Å². The number of hydrogen-bond donors (Lipinski definition) is 1. The monoisotopic (exact) mass is 288 g/mol. The molecule has 0 amide bonds. The molecular weight excluding hydrogens is 256 g/mol. The Kier molecular flexibility index (Phi) is 3.44. The fourth-order valence-corrected chi connectivity index (χ4v) is 5.93. The van der Waals surface area contributed by atoms with Crippen LogP contribution in [0.1, 0.15) is 66.2 Å². The molecule has 0 saturated heterocycles. The molecule has 0 aromatic rings. The molecule has 3 aliphatic rings. The fraction of sp³-hybridized carbons (Fsp3) is 0.800. The van der Waals surface area contributed by atoms with Gasteiger partial charge in [-0.25, -0.2) is 0 Å². The molecule has 2 saturated carbocycles. The molecule has 3 rings (SSSR count). The minimum Gasteiger partial charge on any atom is -0.388 e. The van der Waals surface area contributed by atoms with Crippen LogP contribution in [0.4, 0.5) is 0 Å². The average molecular weight is 288 g/mol. The third kappa shape index (κ3) is 2.07. The second-order valence-electron chi connectivity index (χ2n) is 9.04. The van der Waals surface area contributed by atoms with E-state index in [1.54, 1.807) is 0 Å². The molecule has 0 spiro atoms. The van der Waals surface area contributed by atoms with Crippen LogP contribution in [0.25, 0.3) is 0 Å². The second-order valence-corrected chi connectivity index (χ2v) is 9.04. The van der Waals surface area contributed by atoms with Crippen LogP contribution in [0.2, 0.25) is 0 Å². The lowest BCUT2D eigenvalue weighted by Gasteiger charge is -2.60. The van der Waals surface area contributed by atoms with Gasteiger partial charge in [-0.2, -0.15) is 0 Å². The SMILES string of the molecule is C=CC1(C)CCC2C(=CCC3C(C)(C)CCCC23C)C1O. The highest BCUT2D eigenvalue weighted by atomic mass is 16.3. The summed E-state index contributed by atoms with van der Waals surface area (Å²) in [5.41, 5.74) is 2.03. The van der Waals surface area contributed by atoms with Crippen LogP contribution < -0.4 is 0 Å². The largest absolute Gasteiger partial charge is 0.388 e. The van der Waals surface area contributed by atoms with Crippen molar-refractivity contribution in [1.82, 2.24) is 0 Å². The Hall–Kier alpha value is -0.560. The zero-order valence-corrected chi connectivity index (χ0v) is 14.3. The summed E-state index contributed by atoms with van der Waals surface area (Å²) in [5.74, 6) is 1.35. The predicted octanol–water partition coefficient (Wildman–Crippen LogP) is 5.11. The molecule has 0 aromatic heterocycles. The van der Waals surface area contributed by atoms with Gasteiger partial charge in [0.05, 0.1) is 6.10 Å². The lowest BCUT2D eigenvalue weighted by atomic mass is 9.45. The van der Waals surface area contributed by atoms with E-state index >= 15 is 0 Å². The standard InChI is InChI=1S/C20H32O/c1-6-19(4)13-10-15-14(17(19)21)8-9-16-18(2,3)11-7-12-20(15,16)5/h6,8,15-17,21H,1,7,9-13H2,2-5H3. The number of rotatable bonds is 1. The minimum atomic E-state index is -0.323. The maximum absolute atomic E-state index is 10.9. The highest BCUT2D eigenvalue weighted by molar-refractivity contribution is 5.29. The first-order valence-corrected chi connectivity index (χ1v) is 8.76.